The SMILES string of the molecule is Cc1noc(C)c1C(=O)N1CCC2(CCN(C(=O)/C=C/c3ccc(F)c(F)c3F)C2)CC1. The van der Waals surface area contributed by atoms with Crippen LogP contribution in [-0.2, 0) is 4.79 Å². The van der Waals surface area contributed by atoms with Crippen LogP contribution in [0.2, 0.25) is 0 Å². The van der Waals surface area contributed by atoms with Crippen LogP contribution in [-0.4, -0.2) is 52.9 Å². The number of carbonyl (C=O) groups excluding carboxylic acids is 2. The molecule has 2 aromatic rings. The maximum Gasteiger partial charge on any atom is 0.259 e. The summed E-state index contributed by atoms with van der Waals surface area (Å²) in [7, 11) is 0. The van der Waals surface area contributed by atoms with E-state index in [1.54, 1.807) is 23.6 Å². The van der Waals surface area contributed by atoms with Crippen LogP contribution < -0.4 is 0 Å². The van der Waals surface area contributed by atoms with Crippen LogP contribution in [0.3, 0.4) is 0 Å². The largest absolute Gasteiger partial charge is 0.361 e. The number of aromatic nitrogens is 1. The molecule has 1 spiro atoms. The summed E-state index contributed by atoms with van der Waals surface area (Å²) in [6, 6.07) is 1.92. The Morgan fingerprint density at radius 1 is 1.03 bits per heavy atom. The van der Waals surface area contributed by atoms with Gasteiger partial charge in [0.2, 0.25) is 5.91 Å². The average Bonchev–Trinajstić information content (AvgIpc) is 3.34. The fourth-order valence-corrected chi connectivity index (χ4v) is 4.60. The quantitative estimate of drug-likeness (QED) is 0.529. The number of amides is 2. The molecule has 9 heteroatoms. The Bertz CT molecular complexity index is 1070. The molecule has 1 aromatic heterocycles. The third-order valence-corrected chi connectivity index (χ3v) is 6.58. The monoisotopic (exact) mass is 447 g/mol. The third-order valence-electron chi connectivity index (χ3n) is 6.58. The number of rotatable bonds is 3. The van der Waals surface area contributed by atoms with Crippen LogP contribution in [0.5, 0.6) is 0 Å². The highest BCUT2D eigenvalue weighted by molar-refractivity contribution is 5.96. The molecule has 0 atom stereocenters. The van der Waals surface area contributed by atoms with Crippen molar-refractivity contribution in [3.05, 3.63) is 58.2 Å². The van der Waals surface area contributed by atoms with E-state index in [0.717, 1.165) is 37.5 Å². The summed E-state index contributed by atoms with van der Waals surface area (Å²) < 4.78 is 45.3. The van der Waals surface area contributed by atoms with Crippen molar-refractivity contribution in [2.24, 2.45) is 5.41 Å². The number of aryl methyl sites for hydroxylation is 2. The van der Waals surface area contributed by atoms with Gasteiger partial charge in [0.25, 0.3) is 5.91 Å². The van der Waals surface area contributed by atoms with Crippen molar-refractivity contribution in [3.63, 3.8) is 0 Å². The fourth-order valence-electron chi connectivity index (χ4n) is 4.60. The van der Waals surface area contributed by atoms with Crippen molar-refractivity contribution >= 4 is 17.9 Å². The van der Waals surface area contributed by atoms with Crippen LogP contribution in [0.15, 0.2) is 22.7 Å². The van der Waals surface area contributed by atoms with E-state index in [0.29, 0.717) is 43.2 Å². The topological polar surface area (TPSA) is 66.7 Å². The summed E-state index contributed by atoms with van der Waals surface area (Å²) in [5, 5.41) is 3.85. The molecule has 6 nitrogen and oxygen atoms in total. The van der Waals surface area contributed by atoms with Gasteiger partial charge in [0, 0.05) is 37.8 Å². The van der Waals surface area contributed by atoms with Crippen LogP contribution in [0.1, 0.15) is 46.6 Å². The van der Waals surface area contributed by atoms with E-state index in [9.17, 15) is 22.8 Å². The lowest BCUT2D eigenvalue weighted by atomic mass is 9.77. The van der Waals surface area contributed by atoms with Gasteiger partial charge < -0.3 is 14.3 Å². The summed E-state index contributed by atoms with van der Waals surface area (Å²) in [5.74, 6) is -4.03. The van der Waals surface area contributed by atoms with E-state index in [-0.39, 0.29) is 22.8 Å². The second kappa shape index (κ2) is 8.44. The lowest BCUT2D eigenvalue weighted by molar-refractivity contribution is -0.125. The lowest BCUT2D eigenvalue weighted by Gasteiger charge is -2.39. The normalized spacial score (nSPS) is 18.2. The fraction of sp³-hybridized carbons (Fsp3) is 0.435. The van der Waals surface area contributed by atoms with Gasteiger partial charge in [-0.2, -0.15) is 0 Å². The van der Waals surface area contributed by atoms with Gasteiger partial charge in [0.15, 0.2) is 17.5 Å². The maximum atomic E-state index is 13.8. The van der Waals surface area contributed by atoms with Crippen LogP contribution in [0.25, 0.3) is 6.08 Å². The highest BCUT2D eigenvalue weighted by Gasteiger charge is 2.42. The van der Waals surface area contributed by atoms with Crippen molar-refractivity contribution in [2.75, 3.05) is 26.2 Å². The van der Waals surface area contributed by atoms with Gasteiger partial charge in [-0.15, -0.1) is 0 Å². The predicted molar refractivity (Wildman–Crippen MR) is 110 cm³/mol. The minimum Gasteiger partial charge on any atom is -0.361 e. The van der Waals surface area contributed by atoms with Gasteiger partial charge in [-0.1, -0.05) is 5.16 Å². The van der Waals surface area contributed by atoms with E-state index < -0.39 is 17.5 Å². The molecule has 3 heterocycles. The minimum atomic E-state index is -1.56. The summed E-state index contributed by atoms with van der Waals surface area (Å²) in [6.07, 6.45) is 4.71. The van der Waals surface area contributed by atoms with Gasteiger partial charge in [0.05, 0.1) is 5.69 Å². The van der Waals surface area contributed by atoms with Crippen molar-refractivity contribution in [3.8, 4) is 0 Å². The number of likely N-dealkylation sites (tertiary alicyclic amines) is 2. The Balaban J connectivity index is 1.36. The molecule has 0 bridgehead atoms. The molecular weight excluding hydrogens is 423 g/mol. The molecule has 32 heavy (non-hydrogen) atoms. The van der Waals surface area contributed by atoms with Crippen molar-refractivity contribution in [2.45, 2.75) is 33.1 Å². The first-order valence-corrected chi connectivity index (χ1v) is 10.5. The zero-order valence-corrected chi connectivity index (χ0v) is 18.0. The molecule has 4 rings (SSSR count). The maximum absolute atomic E-state index is 13.8. The molecule has 2 fully saturated rings. The second-order valence-electron chi connectivity index (χ2n) is 8.60. The van der Waals surface area contributed by atoms with Gasteiger partial charge in [-0.3, -0.25) is 9.59 Å². The van der Waals surface area contributed by atoms with E-state index in [4.69, 9.17) is 4.52 Å². The first-order chi connectivity index (χ1) is 15.2. The van der Waals surface area contributed by atoms with E-state index in [2.05, 4.69) is 5.16 Å². The van der Waals surface area contributed by atoms with Crippen molar-refractivity contribution in [1.29, 1.82) is 0 Å². The Hall–Kier alpha value is -3.10. The smallest absolute Gasteiger partial charge is 0.259 e. The zero-order valence-electron chi connectivity index (χ0n) is 18.0. The number of hydrogen-bond donors (Lipinski definition) is 0. The third kappa shape index (κ3) is 4.03. The highest BCUT2D eigenvalue weighted by atomic mass is 19.2. The van der Waals surface area contributed by atoms with E-state index in [1.165, 1.54) is 6.08 Å². The van der Waals surface area contributed by atoms with Crippen molar-refractivity contribution in [1.82, 2.24) is 15.0 Å². The molecule has 2 amide bonds. The predicted octanol–water partition coefficient (Wildman–Crippen LogP) is 3.88. The number of piperidine rings is 1. The number of benzene rings is 1. The van der Waals surface area contributed by atoms with Crippen LogP contribution in [0, 0.1) is 36.7 Å². The van der Waals surface area contributed by atoms with Crippen LogP contribution in [0.4, 0.5) is 13.2 Å². The summed E-state index contributed by atoms with van der Waals surface area (Å²) >= 11 is 0. The van der Waals surface area contributed by atoms with Gasteiger partial charge >= 0.3 is 0 Å². The number of carbonyl (C=O) groups is 2. The van der Waals surface area contributed by atoms with E-state index in [1.807, 2.05) is 0 Å². The lowest BCUT2D eigenvalue weighted by Crippen LogP contribution is -2.44. The first kappa shape index (κ1) is 22.1. The number of hydrogen-bond acceptors (Lipinski definition) is 4. The molecule has 170 valence electrons. The Labute approximate surface area is 183 Å². The standard InChI is InChI=1S/C23H24F3N3O3/c1-14-19(15(2)32-27-14)22(31)28-10-7-23(8-11-28)9-12-29(13-23)18(30)6-4-16-3-5-17(24)21(26)20(16)25/h3-6H,7-13H2,1-2H3/b6-4+. The average molecular weight is 447 g/mol. The number of nitrogens with zero attached hydrogens (tertiary/aromatic N) is 3. The molecule has 0 aliphatic carbocycles. The van der Waals surface area contributed by atoms with Gasteiger partial charge in [-0.25, -0.2) is 13.2 Å². The second-order valence-corrected chi connectivity index (χ2v) is 8.60. The Kier molecular flexibility index (Phi) is 5.83. The molecule has 2 aliphatic rings. The minimum absolute atomic E-state index is 0.0632. The summed E-state index contributed by atoms with van der Waals surface area (Å²) in [6.45, 7) is 5.74. The zero-order chi connectivity index (χ0) is 23.0. The van der Waals surface area contributed by atoms with Crippen LogP contribution >= 0.6 is 0 Å². The molecule has 0 saturated carbocycles. The number of halogens is 3. The van der Waals surface area contributed by atoms with Gasteiger partial charge in [-0.05, 0) is 56.7 Å². The summed E-state index contributed by atoms with van der Waals surface area (Å²) in [5.41, 5.74) is 0.845. The Morgan fingerprint density at radius 2 is 1.69 bits per heavy atom. The van der Waals surface area contributed by atoms with E-state index >= 15 is 0 Å². The van der Waals surface area contributed by atoms with Crippen molar-refractivity contribution < 1.29 is 27.3 Å². The molecule has 0 radical (unpaired) electrons. The molecule has 1 aromatic carbocycles. The Morgan fingerprint density at radius 3 is 2.31 bits per heavy atom. The highest BCUT2D eigenvalue weighted by Crippen LogP contribution is 2.41. The molecule has 0 N–H and O–H groups in total. The first-order valence-electron chi connectivity index (χ1n) is 10.5. The molecule has 0 unspecified atom stereocenters. The molecular formula is C23H24F3N3O3. The summed E-state index contributed by atoms with van der Waals surface area (Å²) in [4.78, 5) is 28.9. The molecule has 2 aliphatic heterocycles. The molecule has 2 saturated heterocycles. The van der Waals surface area contributed by atoms with Gasteiger partial charge in [0.1, 0.15) is 11.3 Å².